The number of hydrogen-bond donors (Lipinski definition) is 0. The van der Waals surface area contributed by atoms with Crippen LogP contribution < -0.4 is 4.74 Å². The van der Waals surface area contributed by atoms with Gasteiger partial charge >= 0.3 is 0 Å². The van der Waals surface area contributed by atoms with Crippen LogP contribution in [0.25, 0.3) is 0 Å². The lowest BCUT2D eigenvalue weighted by Crippen LogP contribution is -2.44. The second-order valence-electron chi connectivity index (χ2n) is 6.44. The van der Waals surface area contributed by atoms with Crippen LogP contribution in [0.5, 0.6) is 5.75 Å². The first-order valence-electron chi connectivity index (χ1n) is 8.79. The molecule has 1 aliphatic rings. The molecule has 0 radical (unpaired) electrons. The molecular weight excluding hydrogens is 370 g/mol. The van der Waals surface area contributed by atoms with Gasteiger partial charge in [-0.3, -0.25) is 0 Å². The van der Waals surface area contributed by atoms with Crippen LogP contribution in [0.2, 0.25) is 0 Å². The van der Waals surface area contributed by atoms with Crippen LogP contribution in [0.15, 0.2) is 40.6 Å². The van der Waals surface area contributed by atoms with Crippen molar-refractivity contribution < 1.29 is 17.9 Å². The molecule has 0 saturated carbocycles. The van der Waals surface area contributed by atoms with Crippen molar-refractivity contribution >= 4 is 21.4 Å². The molecule has 1 aromatic carbocycles. The summed E-state index contributed by atoms with van der Waals surface area (Å²) >= 11 is 1.66. The van der Waals surface area contributed by atoms with Gasteiger partial charge in [-0.1, -0.05) is 12.1 Å². The third kappa shape index (κ3) is 4.28. The second-order valence-corrected chi connectivity index (χ2v) is 9.33. The molecule has 26 heavy (non-hydrogen) atoms. The quantitative estimate of drug-likeness (QED) is 0.720. The van der Waals surface area contributed by atoms with Gasteiger partial charge in [-0.2, -0.15) is 4.31 Å². The minimum atomic E-state index is -3.66. The van der Waals surface area contributed by atoms with E-state index in [1.807, 2.05) is 30.5 Å². The van der Waals surface area contributed by atoms with Gasteiger partial charge in [-0.25, -0.2) is 8.42 Å². The summed E-state index contributed by atoms with van der Waals surface area (Å²) in [7, 11) is -2.15. The number of methoxy groups -OCH3 is 1. The van der Waals surface area contributed by atoms with Gasteiger partial charge in [-0.05, 0) is 55.3 Å². The highest BCUT2D eigenvalue weighted by atomic mass is 32.2. The second kappa shape index (κ2) is 8.52. The largest absolute Gasteiger partial charge is 0.495 e. The highest BCUT2D eigenvalue weighted by molar-refractivity contribution is 7.89. The average Bonchev–Trinajstić information content (AvgIpc) is 3.16. The zero-order chi connectivity index (χ0) is 18.6. The van der Waals surface area contributed by atoms with Crippen LogP contribution in [0.4, 0.5) is 0 Å². The number of rotatable bonds is 7. The van der Waals surface area contributed by atoms with E-state index in [-0.39, 0.29) is 10.9 Å². The lowest BCUT2D eigenvalue weighted by atomic mass is 10.1. The highest BCUT2D eigenvalue weighted by Crippen LogP contribution is 2.31. The van der Waals surface area contributed by atoms with Crippen LogP contribution in [-0.4, -0.2) is 45.6 Å². The molecule has 0 N–H and O–H groups in total. The smallest absolute Gasteiger partial charge is 0.247 e. The van der Waals surface area contributed by atoms with Gasteiger partial charge in [0.25, 0.3) is 0 Å². The first-order chi connectivity index (χ1) is 12.5. The van der Waals surface area contributed by atoms with Crippen LogP contribution in [0.3, 0.4) is 0 Å². The van der Waals surface area contributed by atoms with E-state index in [1.165, 1.54) is 12.0 Å². The van der Waals surface area contributed by atoms with E-state index in [0.29, 0.717) is 31.9 Å². The Morgan fingerprint density at radius 3 is 2.69 bits per heavy atom. The molecule has 7 heteroatoms. The van der Waals surface area contributed by atoms with Gasteiger partial charge < -0.3 is 9.47 Å². The molecule has 0 aliphatic carbocycles. The van der Waals surface area contributed by atoms with Crippen molar-refractivity contribution in [1.82, 2.24) is 4.31 Å². The number of sulfonamides is 1. The fourth-order valence-corrected chi connectivity index (χ4v) is 5.89. The van der Waals surface area contributed by atoms with Crippen LogP contribution in [-0.2, 0) is 21.2 Å². The Morgan fingerprint density at radius 2 is 2.04 bits per heavy atom. The summed E-state index contributed by atoms with van der Waals surface area (Å²) in [6, 6.07) is 9.29. The highest BCUT2D eigenvalue weighted by Gasteiger charge is 2.34. The van der Waals surface area contributed by atoms with Crippen molar-refractivity contribution in [3.63, 3.8) is 0 Å². The van der Waals surface area contributed by atoms with Gasteiger partial charge in [0.15, 0.2) is 0 Å². The predicted molar refractivity (Wildman–Crippen MR) is 103 cm³/mol. The van der Waals surface area contributed by atoms with Crippen molar-refractivity contribution in [2.75, 3.05) is 26.9 Å². The molecule has 1 fully saturated rings. The molecule has 2 aromatic rings. The predicted octanol–water partition coefficient (Wildman–Crippen LogP) is 3.48. The summed E-state index contributed by atoms with van der Waals surface area (Å²) in [6.07, 6.45) is 2.15. The van der Waals surface area contributed by atoms with Gasteiger partial charge in [0.1, 0.15) is 10.6 Å². The van der Waals surface area contributed by atoms with E-state index in [9.17, 15) is 8.42 Å². The molecule has 0 bridgehead atoms. The zero-order valence-corrected chi connectivity index (χ0v) is 16.8. The number of nitrogens with zero attached hydrogens (tertiary/aromatic N) is 1. The van der Waals surface area contributed by atoms with Gasteiger partial charge in [0, 0.05) is 30.7 Å². The van der Waals surface area contributed by atoms with Crippen molar-refractivity contribution in [3.05, 3.63) is 46.2 Å². The Balaban J connectivity index is 1.94. The van der Waals surface area contributed by atoms with E-state index in [0.717, 1.165) is 18.4 Å². The minimum Gasteiger partial charge on any atom is -0.495 e. The molecule has 142 valence electrons. The molecule has 5 nitrogen and oxygen atoms in total. The maximum absolute atomic E-state index is 13.5. The molecular formula is C19H25NO4S2. The summed E-state index contributed by atoms with van der Waals surface area (Å²) in [5, 5.41) is 2.02. The molecule has 0 amide bonds. The maximum Gasteiger partial charge on any atom is 0.247 e. The summed E-state index contributed by atoms with van der Waals surface area (Å²) in [5.41, 5.74) is 0.898. The van der Waals surface area contributed by atoms with E-state index in [4.69, 9.17) is 9.47 Å². The van der Waals surface area contributed by atoms with Crippen LogP contribution in [0, 0.1) is 6.92 Å². The van der Waals surface area contributed by atoms with E-state index in [2.05, 4.69) is 0 Å². The Labute approximate surface area is 159 Å². The summed E-state index contributed by atoms with van der Waals surface area (Å²) in [4.78, 5) is 1.44. The first-order valence-corrected chi connectivity index (χ1v) is 11.1. The summed E-state index contributed by atoms with van der Waals surface area (Å²) in [5.74, 6) is 0.392. The van der Waals surface area contributed by atoms with Crippen LogP contribution in [0.1, 0.15) is 23.3 Å². The van der Waals surface area contributed by atoms with Crippen molar-refractivity contribution in [2.45, 2.75) is 37.1 Å². The number of hydrogen-bond acceptors (Lipinski definition) is 5. The Hall–Kier alpha value is -1.41. The normalized spacial score (nSPS) is 16.1. The standard InChI is InChI=1S/C19H25NO4S2/c1-15-5-6-18(23-2)19(14-15)26(21,22)20(16-8-11-24-12-9-16)10-7-17-4-3-13-25-17/h3-6,13-14,16H,7-12H2,1-2H3. The summed E-state index contributed by atoms with van der Waals surface area (Å²) in [6.45, 7) is 3.55. The topological polar surface area (TPSA) is 55.8 Å². The lowest BCUT2D eigenvalue weighted by molar-refractivity contribution is 0.0586. The van der Waals surface area contributed by atoms with Gasteiger partial charge in [-0.15, -0.1) is 11.3 Å². The molecule has 1 saturated heterocycles. The average molecular weight is 396 g/mol. The van der Waals surface area contributed by atoms with Gasteiger partial charge in [0.05, 0.1) is 7.11 Å². The number of aryl methyl sites for hydroxylation is 1. The zero-order valence-electron chi connectivity index (χ0n) is 15.2. The Bertz CT molecular complexity index is 812. The molecule has 2 heterocycles. The molecule has 3 rings (SSSR count). The minimum absolute atomic E-state index is 0.0427. The molecule has 0 unspecified atom stereocenters. The van der Waals surface area contributed by atoms with Gasteiger partial charge in [0.2, 0.25) is 10.0 Å². The van der Waals surface area contributed by atoms with Crippen molar-refractivity contribution in [2.24, 2.45) is 0 Å². The third-order valence-corrected chi connectivity index (χ3v) is 7.57. The van der Waals surface area contributed by atoms with E-state index in [1.54, 1.807) is 27.8 Å². The molecule has 1 aromatic heterocycles. The Morgan fingerprint density at radius 1 is 1.27 bits per heavy atom. The van der Waals surface area contributed by atoms with Crippen molar-refractivity contribution in [3.8, 4) is 5.75 Å². The number of thiophene rings is 1. The molecule has 1 aliphatic heterocycles. The third-order valence-electron chi connectivity index (χ3n) is 4.66. The van der Waals surface area contributed by atoms with E-state index < -0.39 is 10.0 Å². The molecule has 0 spiro atoms. The number of ether oxygens (including phenoxy) is 2. The monoisotopic (exact) mass is 395 g/mol. The fourth-order valence-electron chi connectivity index (χ4n) is 3.26. The summed E-state index contributed by atoms with van der Waals surface area (Å²) < 4.78 is 39.5. The lowest BCUT2D eigenvalue weighted by Gasteiger charge is -2.33. The maximum atomic E-state index is 13.5. The van der Waals surface area contributed by atoms with Crippen molar-refractivity contribution in [1.29, 1.82) is 0 Å². The first kappa shape index (κ1) is 19.4. The van der Waals surface area contributed by atoms with E-state index >= 15 is 0 Å². The molecule has 0 atom stereocenters. The SMILES string of the molecule is COc1ccc(C)cc1S(=O)(=O)N(CCc1cccs1)C1CCOCC1. The number of benzene rings is 1. The fraction of sp³-hybridized carbons (Fsp3) is 0.474. The Kier molecular flexibility index (Phi) is 6.34. The van der Waals surface area contributed by atoms with Crippen LogP contribution >= 0.6 is 11.3 Å².